The Labute approximate surface area is 84.6 Å². The van der Waals surface area contributed by atoms with E-state index in [1.807, 2.05) is 0 Å². The van der Waals surface area contributed by atoms with E-state index in [-0.39, 0.29) is 5.56 Å². The van der Waals surface area contributed by atoms with Crippen molar-refractivity contribution in [2.24, 2.45) is 0 Å². The lowest BCUT2D eigenvalue weighted by Crippen LogP contribution is -2.20. The number of fused-ring (bicyclic) bond motifs is 1. The Kier molecular flexibility index (Phi) is 2.53. The van der Waals surface area contributed by atoms with E-state index in [0.717, 1.165) is 24.4 Å². The molecule has 0 aliphatic heterocycles. The SMILES string of the molecule is CCCCn1cnc2snnc2c1=O. The minimum absolute atomic E-state index is 0.0859. The number of rotatable bonds is 3. The first kappa shape index (κ1) is 9.26. The highest BCUT2D eigenvalue weighted by molar-refractivity contribution is 7.12. The Bertz CT molecular complexity index is 489. The second-order valence-corrected chi connectivity index (χ2v) is 3.76. The highest BCUT2D eigenvalue weighted by atomic mass is 32.1. The van der Waals surface area contributed by atoms with Crippen molar-refractivity contribution >= 4 is 21.9 Å². The van der Waals surface area contributed by atoms with Crippen molar-refractivity contribution in [3.63, 3.8) is 0 Å². The molecule has 74 valence electrons. The molecule has 2 aromatic heterocycles. The smallest absolute Gasteiger partial charge is 0.282 e. The molecule has 0 unspecified atom stereocenters. The Hall–Kier alpha value is -1.30. The molecule has 0 aliphatic carbocycles. The summed E-state index contributed by atoms with van der Waals surface area (Å²) >= 11 is 1.15. The Morgan fingerprint density at radius 3 is 3.21 bits per heavy atom. The molecule has 2 aromatic rings. The lowest BCUT2D eigenvalue weighted by molar-refractivity contribution is 0.608. The van der Waals surface area contributed by atoms with Gasteiger partial charge in [0.05, 0.1) is 6.33 Å². The molecule has 0 aromatic carbocycles. The van der Waals surface area contributed by atoms with Gasteiger partial charge in [0.15, 0.2) is 10.3 Å². The van der Waals surface area contributed by atoms with Crippen LogP contribution in [0.5, 0.6) is 0 Å². The molecule has 0 aliphatic rings. The van der Waals surface area contributed by atoms with Gasteiger partial charge < -0.3 is 0 Å². The van der Waals surface area contributed by atoms with Gasteiger partial charge in [-0.3, -0.25) is 9.36 Å². The third-order valence-corrected chi connectivity index (χ3v) is 2.64. The Morgan fingerprint density at radius 1 is 1.57 bits per heavy atom. The first-order chi connectivity index (χ1) is 6.83. The standard InChI is InChI=1S/C8H10N4OS/c1-2-3-4-12-5-9-7-6(8(12)13)10-11-14-7/h5H,2-4H2,1H3. The number of aromatic nitrogens is 4. The lowest BCUT2D eigenvalue weighted by Gasteiger charge is -2.01. The van der Waals surface area contributed by atoms with Crippen molar-refractivity contribution in [3.05, 3.63) is 16.7 Å². The largest absolute Gasteiger partial charge is 0.297 e. The monoisotopic (exact) mass is 210 g/mol. The maximum atomic E-state index is 11.7. The summed E-state index contributed by atoms with van der Waals surface area (Å²) in [6.07, 6.45) is 3.60. The van der Waals surface area contributed by atoms with Gasteiger partial charge in [0.25, 0.3) is 5.56 Å². The van der Waals surface area contributed by atoms with Crippen molar-refractivity contribution in [1.29, 1.82) is 0 Å². The van der Waals surface area contributed by atoms with Gasteiger partial charge in [0.1, 0.15) is 0 Å². The predicted molar refractivity (Wildman–Crippen MR) is 54.4 cm³/mol. The molecule has 0 amide bonds. The highest BCUT2D eigenvalue weighted by Crippen LogP contribution is 2.06. The molecule has 0 fully saturated rings. The molecule has 5 nitrogen and oxygen atoms in total. The zero-order chi connectivity index (χ0) is 9.97. The van der Waals surface area contributed by atoms with E-state index in [2.05, 4.69) is 21.5 Å². The first-order valence-corrected chi connectivity index (χ1v) is 5.27. The van der Waals surface area contributed by atoms with Crippen LogP contribution >= 0.6 is 11.5 Å². The van der Waals surface area contributed by atoms with Gasteiger partial charge in [0.2, 0.25) is 0 Å². The summed E-state index contributed by atoms with van der Waals surface area (Å²) in [6, 6.07) is 0. The summed E-state index contributed by atoms with van der Waals surface area (Å²) in [4.78, 5) is 16.4. The summed E-state index contributed by atoms with van der Waals surface area (Å²) in [6.45, 7) is 2.79. The van der Waals surface area contributed by atoms with Gasteiger partial charge in [-0.1, -0.05) is 17.8 Å². The quantitative estimate of drug-likeness (QED) is 0.759. The third kappa shape index (κ3) is 1.52. The fourth-order valence-electron chi connectivity index (χ4n) is 1.20. The molecular formula is C8H10N4OS. The number of unbranched alkanes of at least 4 members (excludes halogenated alkanes) is 1. The van der Waals surface area contributed by atoms with Crippen LogP contribution in [0, 0.1) is 0 Å². The van der Waals surface area contributed by atoms with Gasteiger partial charge in [-0.05, 0) is 6.42 Å². The van der Waals surface area contributed by atoms with Gasteiger partial charge in [-0.15, -0.1) is 5.10 Å². The van der Waals surface area contributed by atoms with E-state index in [0.29, 0.717) is 16.9 Å². The van der Waals surface area contributed by atoms with Crippen LogP contribution in [-0.2, 0) is 6.54 Å². The average Bonchev–Trinajstić information content (AvgIpc) is 2.66. The normalized spacial score (nSPS) is 10.9. The van der Waals surface area contributed by atoms with Crippen LogP contribution in [0.4, 0.5) is 0 Å². The van der Waals surface area contributed by atoms with Gasteiger partial charge in [-0.2, -0.15) is 0 Å². The van der Waals surface area contributed by atoms with E-state index in [1.54, 1.807) is 10.9 Å². The van der Waals surface area contributed by atoms with Crippen LogP contribution in [0.2, 0.25) is 0 Å². The van der Waals surface area contributed by atoms with Crippen LogP contribution in [0.1, 0.15) is 19.8 Å². The molecule has 2 heterocycles. The van der Waals surface area contributed by atoms with Gasteiger partial charge in [0, 0.05) is 18.1 Å². The second kappa shape index (κ2) is 3.83. The van der Waals surface area contributed by atoms with Crippen LogP contribution in [0.25, 0.3) is 10.3 Å². The molecule has 14 heavy (non-hydrogen) atoms. The van der Waals surface area contributed by atoms with Gasteiger partial charge >= 0.3 is 0 Å². The topological polar surface area (TPSA) is 60.7 Å². The van der Waals surface area contributed by atoms with Crippen LogP contribution < -0.4 is 5.56 Å². The molecule has 0 saturated carbocycles. The van der Waals surface area contributed by atoms with E-state index in [9.17, 15) is 4.79 Å². The minimum atomic E-state index is -0.0859. The molecule has 6 heteroatoms. The molecule has 0 N–H and O–H groups in total. The zero-order valence-corrected chi connectivity index (χ0v) is 8.62. The maximum absolute atomic E-state index is 11.7. The van der Waals surface area contributed by atoms with Crippen LogP contribution in [0.15, 0.2) is 11.1 Å². The van der Waals surface area contributed by atoms with Gasteiger partial charge in [-0.25, -0.2) is 4.98 Å². The van der Waals surface area contributed by atoms with E-state index in [1.165, 1.54) is 0 Å². The van der Waals surface area contributed by atoms with Crippen LogP contribution in [0.3, 0.4) is 0 Å². The summed E-state index contributed by atoms with van der Waals surface area (Å²) in [5.41, 5.74) is 0.297. The van der Waals surface area contributed by atoms with Crippen molar-refractivity contribution in [1.82, 2.24) is 19.1 Å². The van der Waals surface area contributed by atoms with Crippen molar-refractivity contribution < 1.29 is 0 Å². The third-order valence-electron chi connectivity index (χ3n) is 2.00. The fraction of sp³-hybridized carbons (Fsp3) is 0.500. The fourth-order valence-corrected chi connectivity index (χ4v) is 1.71. The Morgan fingerprint density at radius 2 is 2.43 bits per heavy atom. The van der Waals surface area contributed by atoms with E-state index >= 15 is 0 Å². The highest BCUT2D eigenvalue weighted by Gasteiger charge is 2.06. The van der Waals surface area contributed by atoms with Crippen molar-refractivity contribution in [3.8, 4) is 0 Å². The molecule has 0 spiro atoms. The number of hydrogen-bond donors (Lipinski definition) is 0. The summed E-state index contributed by atoms with van der Waals surface area (Å²) in [5, 5.41) is 3.76. The minimum Gasteiger partial charge on any atom is -0.297 e. The van der Waals surface area contributed by atoms with Crippen molar-refractivity contribution in [2.45, 2.75) is 26.3 Å². The maximum Gasteiger partial charge on any atom is 0.282 e. The molecular weight excluding hydrogens is 200 g/mol. The Balaban J connectivity index is 2.46. The molecule has 2 rings (SSSR count). The number of hydrogen-bond acceptors (Lipinski definition) is 5. The van der Waals surface area contributed by atoms with Crippen LogP contribution in [-0.4, -0.2) is 19.1 Å². The average molecular weight is 210 g/mol. The second-order valence-electron chi connectivity index (χ2n) is 3.02. The zero-order valence-electron chi connectivity index (χ0n) is 7.80. The summed E-state index contributed by atoms with van der Waals surface area (Å²) in [5.74, 6) is 0. The van der Waals surface area contributed by atoms with E-state index in [4.69, 9.17) is 0 Å². The predicted octanol–water partition coefficient (Wildman–Crippen LogP) is 1.05. The van der Waals surface area contributed by atoms with Crippen molar-refractivity contribution in [2.75, 3.05) is 0 Å². The molecule has 0 radical (unpaired) electrons. The molecule has 0 atom stereocenters. The molecule has 0 saturated heterocycles. The first-order valence-electron chi connectivity index (χ1n) is 4.50. The lowest BCUT2D eigenvalue weighted by atomic mass is 10.3. The number of aryl methyl sites for hydroxylation is 1. The summed E-state index contributed by atoms with van der Waals surface area (Å²) < 4.78 is 5.29. The molecule has 0 bridgehead atoms. The van der Waals surface area contributed by atoms with E-state index < -0.39 is 0 Å². The number of nitrogens with zero attached hydrogens (tertiary/aromatic N) is 4. The summed E-state index contributed by atoms with van der Waals surface area (Å²) in [7, 11) is 0.